The second-order valence-corrected chi connectivity index (χ2v) is 4.67. The Morgan fingerprint density at radius 1 is 1.13 bits per heavy atom. The highest BCUT2D eigenvalue weighted by molar-refractivity contribution is 5.92. The molecule has 116 valence electrons. The highest BCUT2D eigenvalue weighted by Gasteiger charge is 2.06. The molecule has 3 heterocycles. The third-order valence-electron chi connectivity index (χ3n) is 3.10. The largest absolute Gasteiger partial charge is 0.349 e. The maximum atomic E-state index is 11.9. The summed E-state index contributed by atoms with van der Waals surface area (Å²) >= 11 is 0. The average molecular weight is 310 g/mol. The van der Waals surface area contributed by atoms with E-state index in [1.54, 1.807) is 53.6 Å². The van der Waals surface area contributed by atoms with E-state index < -0.39 is 0 Å². The third kappa shape index (κ3) is 3.49. The number of nitrogens with zero attached hydrogens (tertiary/aromatic N) is 5. The molecule has 0 saturated carbocycles. The summed E-state index contributed by atoms with van der Waals surface area (Å²) in [4.78, 5) is 27.7. The van der Waals surface area contributed by atoms with E-state index in [0.29, 0.717) is 11.5 Å². The number of carbonyl (C=O) groups is 1. The number of pyridine rings is 1. The van der Waals surface area contributed by atoms with Crippen LogP contribution in [0.5, 0.6) is 0 Å². The summed E-state index contributed by atoms with van der Waals surface area (Å²) in [6.07, 6.45) is 4.92. The molecule has 0 aliphatic carbocycles. The Labute approximate surface area is 131 Å². The zero-order valence-electron chi connectivity index (χ0n) is 12.2. The van der Waals surface area contributed by atoms with E-state index >= 15 is 0 Å². The van der Waals surface area contributed by atoms with Crippen molar-refractivity contribution >= 4 is 5.91 Å². The van der Waals surface area contributed by atoms with Crippen LogP contribution in [0, 0.1) is 0 Å². The lowest BCUT2D eigenvalue weighted by Crippen LogP contribution is -2.32. The first-order chi connectivity index (χ1) is 11.2. The van der Waals surface area contributed by atoms with Crippen molar-refractivity contribution < 1.29 is 4.79 Å². The number of amides is 1. The molecule has 0 radical (unpaired) electrons. The fraction of sp³-hybridized carbons (Fsp3) is 0.133. The van der Waals surface area contributed by atoms with Crippen LogP contribution in [-0.4, -0.2) is 37.0 Å². The van der Waals surface area contributed by atoms with Crippen LogP contribution in [-0.2, 0) is 6.54 Å². The van der Waals surface area contributed by atoms with Gasteiger partial charge in [0.1, 0.15) is 5.69 Å². The van der Waals surface area contributed by atoms with E-state index in [2.05, 4.69) is 20.5 Å². The van der Waals surface area contributed by atoms with Crippen LogP contribution >= 0.6 is 0 Å². The van der Waals surface area contributed by atoms with Crippen molar-refractivity contribution in [2.75, 3.05) is 6.54 Å². The number of hydrogen-bond donors (Lipinski definition) is 1. The second-order valence-electron chi connectivity index (χ2n) is 4.67. The van der Waals surface area contributed by atoms with Gasteiger partial charge in [0.15, 0.2) is 5.82 Å². The van der Waals surface area contributed by atoms with E-state index in [-0.39, 0.29) is 24.6 Å². The highest BCUT2D eigenvalue weighted by atomic mass is 16.2. The minimum atomic E-state index is -0.290. The number of aromatic nitrogens is 5. The van der Waals surface area contributed by atoms with Gasteiger partial charge in [0, 0.05) is 31.2 Å². The summed E-state index contributed by atoms with van der Waals surface area (Å²) in [7, 11) is 0. The van der Waals surface area contributed by atoms with E-state index in [9.17, 15) is 9.59 Å². The minimum Gasteiger partial charge on any atom is -0.349 e. The molecular formula is C15H14N6O2. The molecule has 3 aromatic rings. The molecule has 1 amide bonds. The fourth-order valence-electron chi connectivity index (χ4n) is 1.99. The van der Waals surface area contributed by atoms with Gasteiger partial charge in [-0.1, -0.05) is 6.07 Å². The van der Waals surface area contributed by atoms with Crippen molar-refractivity contribution in [1.82, 2.24) is 29.9 Å². The summed E-state index contributed by atoms with van der Waals surface area (Å²) < 4.78 is 2.85. The van der Waals surface area contributed by atoms with Gasteiger partial charge in [-0.15, -0.1) is 5.10 Å². The smallest absolute Gasteiger partial charge is 0.269 e. The average Bonchev–Trinajstić information content (AvgIpc) is 3.12. The van der Waals surface area contributed by atoms with Crippen LogP contribution in [0.1, 0.15) is 10.5 Å². The number of nitrogens with one attached hydrogen (secondary N) is 1. The molecule has 8 nitrogen and oxygen atoms in total. The van der Waals surface area contributed by atoms with Crippen molar-refractivity contribution in [3.8, 4) is 5.82 Å². The molecule has 0 aromatic carbocycles. The van der Waals surface area contributed by atoms with Crippen molar-refractivity contribution in [1.29, 1.82) is 0 Å². The molecule has 0 fully saturated rings. The van der Waals surface area contributed by atoms with Crippen molar-refractivity contribution in [2.24, 2.45) is 0 Å². The van der Waals surface area contributed by atoms with E-state index in [1.807, 2.05) is 0 Å². The summed E-state index contributed by atoms with van der Waals surface area (Å²) in [5.74, 6) is 0.243. The lowest BCUT2D eigenvalue weighted by atomic mass is 10.3. The number of carbonyl (C=O) groups excluding carboxylic acids is 1. The fourth-order valence-corrected chi connectivity index (χ4v) is 1.99. The molecule has 0 aliphatic rings. The third-order valence-corrected chi connectivity index (χ3v) is 3.10. The Bertz CT molecular complexity index is 842. The Hall–Kier alpha value is -3.29. The maximum Gasteiger partial charge on any atom is 0.269 e. The molecule has 0 spiro atoms. The van der Waals surface area contributed by atoms with Gasteiger partial charge in [-0.25, -0.2) is 9.36 Å². The predicted molar refractivity (Wildman–Crippen MR) is 82.2 cm³/mol. The summed E-state index contributed by atoms with van der Waals surface area (Å²) in [6.45, 7) is 0.525. The van der Waals surface area contributed by atoms with Crippen LogP contribution in [0.25, 0.3) is 5.82 Å². The minimum absolute atomic E-state index is 0.243. The van der Waals surface area contributed by atoms with Gasteiger partial charge in [0.25, 0.3) is 11.5 Å². The van der Waals surface area contributed by atoms with E-state index in [0.717, 1.165) is 0 Å². The normalized spacial score (nSPS) is 10.4. The Morgan fingerprint density at radius 3 is 2.78 bits per heavy atom. The van der Waals surface area contributed by atoms with Crippen molar-refractivity contribution in [3.63, 3.8) is 0 Å². The quantitative estimate of drug-likeness (QED) is 0.729. The van der Waals surface area contributed by atoms with Gasteiger partial charge in [0.2, 0.25) is 0 Å². The summed E-state index contributed by atoms with van der Waals surface area (Å²) in [6, 6.07) is 9.88. The molecule has 1 N–H and O–H groups in total. The summed E-state index contributed by atoms with van der Waals surface area (Å²) in [5.41, 5.74) is 0.0890. The molecule has 3 aromatic heterocycles. The monoisotopic (exact) mass is 310 g/mol. The molecule has 3 rings (SSSR count). The Morgan fingerprint density at radius 2 is 2.04 bits per heavy atom. The van der Waals surface area contributed by atoms with Crippen LogP contribution in [0.15, 0.2) is 59.8 Å². The van der Waals surface area contributed by atoms with Crippen molar-refractivity contribution in [2.45, 2.75) is 6.54 Å². The molecule has 0 bridgehead atoms. The van der Waals surface area contributed by atoms with Gasteiger partial charge in [0.05, 0.1) is 6.54 Å². The highest BCUT2D eigenvalue weighted by Crippen LogP contribution is 1.98. The maximum absolute atomic E-state index is 11.9. The molecule has 0 unspecified atom stereocenters. The lowest BCUT2D eigenvalue weighted by Gasteiger charge is -2.08. The van der Waals surface area contributed by atoms with Crippen molar-refractivity contribution in [3.05, 3.63) is 71.0 Å². The first-order valence-corrected chi connectivity index (χ1v) is 7.01. The van der Waals surface area contributed by atoms with Gasteiger partial charge >= 0.3 is 0 Å². The zero-order valence-corrected chi connectivity index (χ0v) is 12.2. The Kier molecular flexibility index (Phi) is 4.23. The molecule has 8 heteroatoms. The van der Waals surface area contributed by atoms with Gasteiger partial charge in [-0.2, -0.15) is 5.10 Å². The predicted octanol–water partition coefficient (Wildman–Crippen LogP) is 0.254. The van der Waals surface area contributed by atoms with E-state index in [1.165, 1.54) is 10.7 Å². The van der Waals surface area contributed by atoms with Crippen LogP contribution in [0.4, 0.5) is 0 Å². The Balaban J connectivity index is 1.65. The summed E-state index contributed by atoms with van der Waals surface area (Å²) in [5, 5.41) is 11.0. The number of hydrogen-bond acceptors (Lipinski definition) is 5. The van der Waals surface area contributed by atoms with E-state index in [4.69, 9.17) is 0 Å². The molecule has 0 atom stereocenters. The number of rotatable bonds is 5. The topological polar surface area (TPSA) is 94.7 Å². The lowest BCUT2D eigenvalue weighted by molar-refractivity contribution is 0.0947. The molecular weight excluding hydrogens is 296 g/mol. The van der Waals surface area contributed by atoms with Gasteiger partial charge in [-0.3, -0.25) is 14.6 Å². The molecule has 23 heavy (non-hydrogen) atoms. The van der Waals surface area contributed by atoms with Crippen LogP contribution in [0.2, 0.25) is 0 Å². The second kappa shape index (κ2) is 6.65. The van der Waals surface area contributed by atoms with Gasteiger partial charge in [-0.05, 0) is 24.3 Å². The first kappa shape index (κ1) is 14.6. The van der Waals surface area contributed by atoms with Gasteiger partial charge < -0.3 is 5.32 Å². The molecule has 0 saturated heterocycles. The molecule has 0 aliphatic heterocycles. The SMILES string of the molecule is O=C(NCCn1nc(-n2cccn2)ccc1=O)c1ccccn1. The van der Waals surface area contributed by atoms with Crippen LogP contribution < -0.4 is 10.9 Å². The first-order valence-electron chi connectivity index (χ1n) is 7.01. The van der Waals surface area contributed by atoms with Crippen LogP contribution in [0.3, 0.4) is 0 Å². The standard InChI is InChI=1S/C15H14N6O2/c22-14-6-5-13(20-10-3-8-18-20)19-21(14)11-9-17-15(23)12-4-1-2-7-16-12/h1-8,10H,9,11H2,(H,17,23). The zero-order chi connectivity index (χ0) is 16.1.